The van der Waals surface area contributed by atoms with Crippen molar-refractivity contribution in [1.29, 1.82) is 5.26 Å². The SMILES string of the molecule is CCC1Oc2cc(C)ccc2N(CC#N)C1=O. The normalized spacial score (nSPS) is 18.3. The van der Waals surface area contributed by atoms with E-state index in [0.29, 0.717) is 17.9 Å². The van der Waals surface area contributed by atoms with Gasteiger partial charge in [0.15, 0.2) is 6.10 Å². The van der Waals surface area contributed by atoms with Crippen molar-refractivity contribution in [2.45, 2.75) is 26.4 Å². The van der Waals surface area contributed by atoms with E-state index in [4.69, 9.17) is 10.00 Å². The van der Waals surface area contributed by atoms with Gasteiger partial charge in [-0.2, -0.15) is 5.26 Å². The number of amides is 1. The molecule has 0 aromatic heterocycles. The molecule has 1 atom stereocenters. The Kier molecular flexibility index (Phi) is 3.01. The van der Waals surface area contributed by atoms with Crippen LogP contribution in [0.1, 0.15) is 18.9 Å². The molecule has 1 aromatic carbocycles. The van der Waals surface area contributed by atoms with E-state index in [9.17, 15) is 4.79 Å². The summed E-state index contributed by atoms with van der Waals surface area (Å²) >= 11 is 0. The van der Waals surface area contributed by atoms with Crippen molar-refractivity contribution < 1.29 is 9.53 Å². The van der Waals surface area contributed by atoms with E-state index in [0.717, 1.165) is 5.56 Å². The van der Waals surface area contributed by atoms with Crippen molar-refractivity contribution in [1.82, 2.24) is 0 Å². The molecular weight excluding hydrogens is 216 g/mol. The van der Waals surface area contributed by atoms with Gasteiger partial charge in [0.1, 0.15) is 12.3 Å². The molecule has 1 aliphatic rings. The van der Waals surface area contributed by atoms with Gasteiger partial charge in [0, 0.05) is 0 Å². The number of aryl methyl sites for hydroxylation is 1. The molecule has 0 saturated carbocycles. The number of fused-ring (bicyclic) bond motifs is 1. The maximum Gasteiger partial charge on any atom is 0.269 e. The van der Waals surface area contributed by atoms with Crippen LogP contribution in [-0.2, 0) is 4.79 Å². The molecule has 0 spiro atoms. The van der Waals surface area contributed by atoms with Crippen molar-refractivity contribution in [3.63, 3.8) is 0 Å². The van der Waals surface area contributed by atoms with Gasteiger partial charge in [0.25, 0.3) is 5.91 Å². The van der Waals surface area contributed by atoms with Crippen LogP contribution in [0.15, 0.2) is 18.2 Å². The Morgan fingerprint density at radius 3 is 2.94 bits per heavy atom. The third-order valence-corrected chi connectivity index (χ3v) is 2.82. The Balaban J connectivity index is 2.46. The predicted octanol–water partition coefficient (Wildman–Crippen LogP) is 2.02. The van der Waals surface area contributed by atoms with E-state index in [1.807, 2.05) is 38.1 Å². The number of carbonyl (C=O) groups is 1. The standard InChI is InChI=1S/C13H14N2O2/c1-3-11-13(16)15(7-6-14)10-5-4-9(2)8-12(10)17-11/h4-5,8,11H,3,7H2,1-2H3. The van der Waals surface area contributed by atoms with Gasteiger partial charge in [-0.05, 0) is 31.0 Å². The van der Waals surface area contributed by atoms with E-state index in [-0.39, 0.29) is 12.5 Å². The Morgan fingerprint density at radius 1 is 1.53 bits per heavy atom. The smallest absolute Gasteiger partial charge is 0.269 e. The summed E-state index contributed by atoms with van der Waals surface area (Å²) < 4.78 is 5.65. The summed E-state index contributed by atoms with van der Waals surface area (Å²) in [6, 6.07) is 7.65. The molecule has 1 amide bonds. The van der Waals surface area contributed by atoms with Crippen molar-refractivity contribution in [3.05, 3.63) is 23.8 Å². The fraction of sp³-hybridized carbons (Fsp3) is 0.385. The second-order valence-electron chi connectivity index (χ2n) is 4.07. The number of nitriles is 1. The van der Waals surface area contributed by atoms with Gasteiger partial charge >= 0.3 is 0 Å². The number of anilines is 1. The number of hydrogen-bond donors (Lipinski definition) is 0. The first-order chi connectivity index (χ1) is 8.17. The number of hydrogen-bond acceptors (Lipinski definition) is 3. The third kappa shape index (κ3) is 1.96. The number of rotatable bonds is 2. The van der Waals surface area contributed by atoms with Crippen LogP contribution in [0.25, 0.3) is 0 Å². The van der Waals surface area contributed by atoms with Crippen LogP contribution in [0.3, 0.4) is 0 Å². The van der Waals surface area contributed by atoms with Gasteiger partial charge in [-0.1, -0.05) is 13.0 Å². The summed E-state index contributed by atoms with van der Waals surface area (Å²) in [5, 5.41) is 8.79. The molecule has 0 N–H and O–H groups in total. The highest BCUT2D eigenvalue weighted by atomic mass is 16.5. The molecule has 1 aliphatic heterocycles. The number of carbonyl (C=O) groups excluding carboxylic acids is 1. The quantitative estimate of drug-likeness (QED) is 0.730. The molecule has 0 bridgehead atoms. The van der Waals surface area contributed by atoms with Crippen LogP contribution >= 0.6 is 0 Å². The first-order valence-corrected chi connectivity index (χ1v) is 5.63. The lowest BCUT2D eigenvalue weighted by atomic mass is 10.1. The predicted molar refractivity (Wildman–Crippen MR) is 63.9 cm³/mol. The molecule has 0 aliphatic carbocycles. The van der Waals surface area contributed by atoms with E-state index in [1.54, 1.807) is 0 Å². The zero-order chi connectivity index (χ0) is 12.4. The minimum absolute atomic E-state index is 0.0642. The molecule has 88 valence electrons. The van der Waals surface area contributed by atoms with Gasteiger partial charge in [0.2, 0.25) is 0 Å². The van der Waals surface area contributed by atoms with Gasteiger partial charge in [-0.15, -0.1) is 0 Å². The summed E-state index contributed by atoms with van der Waals surface area (Å²) in [5.74, 6) is 0.553. The highest BCUT2D eigenvalue weighted by molar-refractivity contribution is 6.00. The van der Waals surface area contributed by atoms with Crippen LogP contribution in [0.5, 0.6) is 5.75 Å². The highest BCUT2D eigenvalue weighted by Gasteiger charge is 2.32. The number of nitrogens with zero attached hydrogens (tertiary/aromatic N) is 2. The van der Waals surface area contributed by atoms with E-state index < -0.39 is 6.10 Å². The maximum atomic E-state index is 12.0. The second-order valence-corrected chi connectivity index (χ2v) is 4.07. The summed E-state index contributed by atoms with van der Waals surface area (Å²) in [4.78, 5) is 13.5. The maximum absolute atomic E-state index is 12.0. The lowest BCUT2D eigenvalue weighted by Gasteiger charge is -2.32. The van der Waals surface area contributed by atoms with Crippen LogP contribution in [0.2, 0.25) is 0 Å². The average molecular weight is 230 g/mol. The van der Waals surface area contributed by atoms with Crippen molar-refractivity contribution in [2.24, 2.45) is 0 Å². The van der Waals surface area contributed by atoms with Crippen LogP contribution in [0, 0.1) is 18.3 Å². The molecule has 1 unspecified atom stereocenters. The molecule has 0 fully saturated rings. The molecule has 2 rings (SSSR count). The fourth-order valence-corrected chi connectivity index (χ4v) is 1.93. The lowest BCUT2D eigenvalue weighted by molar-refractivity contribution is -0.126. The fourth-order valence-electron chi connectivity index (χ4n) is 1.93. The zero-order valence-corrected chi connectivity index (χ0v) is 9.93. The zero-order valence-electron chi connectivity index (χ0n) is 9.93. The first-order valence-electron chi connectivity index (χ1n) is 5.63. The van der Waals surface area contributed by atoms with Gasteiger partial charge < -0.3 is 4.74 Å². The molecule has 0 saturated heterocycles. The van der Waals surface area contributed by atoms with Gasteiger partial charge in [0.05, 0.1) is 11.8 Å². The molecular formula is C13H14N2O2. The van der Waals surface area contributed by atoms with Gasteiger partial charge in [-0.25, -0.2) is 0 Å². The molecule has 17 heavy (non-hydrogen) atoms. The summed E-state index contributed by atoms with van der Waals surface area (Å²) in [5.41, 5.74) is 1.76. The van der Waals surface area contributed by atoms with Crippen molar-refractivity contribution >= 4 is 11.6 Å². The third-order valence-electron chi connectivity index (χ3n) is 2.82. The minimum Gasteiger partial charge on any atom is -0.478 e. The summed E-state index contributed by atoms with van der Waals surface area (Å²) in [6.07, 6.45) is 0.131. The van der Waals surface area contributed by atoms with E-state index in [1.165, 1.54) is 4.90 Å². The molecule has 1 aromatic rings. The average Bonchev–Trinajstić information content (AvgIpc) is 2.32. The van der Waals surface area contributed by atoms with Crippen LogP contribution in [-0.4, -0.2) is 18.6 Å². The summed E-state index contributed by atoms with van der Waals surface area (Å²) in [7, 11) is 0. The van der Waals surface area contributed by atoms with Crippen molar-refractivity contribution in [3.8, 4) is 11.8 Å². The first kappa shape index (κ1) is 11.5. The molecule has 0 radical (unpaired) electrons. The lowest BCUT2D eigenvalue weighted by Crippen LogP contribution is -2.45. The van der Waals surface area contributed by atoms with Gasteiger partial charge in [-0.3, -0.25) is 9.69 Å². The van der Waals surface area contributed by atoms with Crippen molar-refractivity contribution in [2.75, 3.05) is 11.4 Å². The largest absolute Gasteiger partial charge is 0.478 e. The topological polar surface area (TPSA) is 53.3 Å². The Labute approximate surface area is 100 Å². The minimum atomic E-state index is -0.474. The summed E-state index contributed by atoms with van der Waals surface area (Å²) in [6.45, 7) is 3.93. The Bertz CT molecular complexity index is 491. The van der Waals surface area contributed by atoms with E-state index >= 15 is 0 Å². The number of ether oxygens (including phenoxy) is 1. The molecule has 1 heterocycles. The van der Waals surface area contributed by atoms with Crippen LogP contribution < -0.4 is 9.64 Å². The highest BCUT2D eigenvalue weighted by Crippen LogP contribution is 2.35. The van der Waals surface area contributed by atoms with Crippen LogP contribution in [0.4, 0.5) is 5.69 Å². The second kappa shape index (κ2) is 4.46. The molecule has 4 heteroatoms. The Morgan fingerprint density at radius 2 is 2.29 bits per heavy atom. The molecule has 4 nitrogen and oxygen atoms in total. The van der Waals surface area contributed by atoms with E-state index in [2.05, 4.69) is 0 Å². The Hall–Kier alpha value is -2.02. The monoisotopic (exact) mass is 230 g/mol. The number of benzene rings is 1.